The van der Waals surface area contributed by atoms with Crippen molar-refractivity contribution in [3.63, 3.8) is 0 Å². The van der Waals surface area contributed by atoms with Crippen LogP contribution in [0.4, 0.5) is 11.4 Å². The van der Waals surface area contributed by atoms with Crippen molar-refractivity contribution < 1.29 is 14.5 Å². The van der Waals surface area contributed by atoms with Gasteiger partial charge in [-0.2, -0.15) is 5.26 Å². The first-order valence-electron chi connectivity index (χ1n) is 10.5. The standard InChI is InChI=1S/C27H18ClN3O4/c28-21-11-8-18(9-12-21)17-35-26-13-10-19-4-1-2-7-24(19)25(26)14-20(16-29)27(32)30-22-5-3-6-23(15-22)31(33)34/h1-15H,17H2,(H,30,32)/b20-14+. The number of hydrogen-bond donors (Lipinski definition) is 1. The Morgan fingerprint density at radius 2 is 1.83 bits per heavy atom. The van der Waals surface area contributed by atoms with Crippen LogP contribution in [-0.2, 0) is 11.4 Å². The molecule has 1 amide bonds. The van der Waals surface area contributed by atoms with Gasteiger partial charge in [-0.3, -0.25) is 14.9 Å². The van der Waals surface area contributed by atoms with Crippen LogP contribution in [0.3, 0.4) is 0 Å². The van der Waals surface area contributed by atoms with E-state index in [9.17, 15) is 20.2 Å². The number of carbonyl (C=O) groups is 1. The Morgan fingerprint density at radius 3 is 2.57 bits per heavy atom. The Balaban J connectivity index is 1.68. The second-order valence-electron chi connectivity index (χ2n) is 7.55. The molecule has 7 nitrogen and oxygen atoms in total. The van der Waals surface area contributed by atoms with Gasteiger partial charge >= 0.3 is 0 Å². The highest BCUT2D eigenvalue weighted by Crippen LogP contribution is 2.31. The molecule has 0 aliphatic rings. The Hall–Kier alpha value is -4.67. The summed E-state index contributed by atoms with van der Waals surface area (Å²) in [5.74, 6) is -0.195. The van der Waals surface area contributed by atoms with Crippen molar-refractivity contribution in [2.75, 3.05) is 5.32 Å². The number of nitriles is 1. The number of nitrogens with zero attached hydrogens (tertiary/aromatic N) is 2. The summed E-state index contributed by atoms with van der Waals surface area (Å²) in [6, 6.07) is 25.9. The summed E-state index contributed by atoms with van der Waals surface area (Å²) in [6.07, 6.45) is 1.46. The lowest BCUT2D eigenvalue weighted by Crippen LogP contribution is -2.13. The zero-order valence-corrected chi connectivity index (χ0v) is 19.0. The van der Waals surface area contributed by atoms with E-state index >= 15 is 0 Å². The number of nitrogens with one attached hydrogen (secondary N) is 1. The number of rotatable bonds is 7. The van der Waals surface area contributed by atoms with Crippen molar-refractivity contribution in [1.29, 1.82) is 5.26 Å². The molecule has 1 N–H and O–H groups in total. The zero-order valence-electron chi connectivity index (χ0n) is 18.3. The molecule has 0 spiro atoms. The predicted octanol–water partition coefficient (Wildman–Crippen LogP) is 6.53. The maximum Gasteiger partial charge on any atom is 0.271 e. The van der Waals surface area contributed by atoms with Gasteiger partial charge in [-0.15, -0.1) is 0 Å². The van der Waals surface area contributed by atoms with E-state index in [-0.39, 0.29) is 23.6 Å². The number of halogens is 1. The molecule has 0 radical (unpaired) electrons. The van der Waals surface area contributed by atoms with E-state index < -0.39 is 10.8 Å². The maximum absolute atomic E-state index is 12.9. The Morgan fingerprint density at radius 1 is 1.06 bits per heavy atom. The average Bonchev–Trinajstić information content (AvgIpc) is 2.87. The third-order valence-electron chi connectivity index (χ3n) is 5.21. The lowest BCUT2D eigenvalue weighted by atomic mass is 10.0. The van der Waals surface area contributed by atoms with E-state index in [1.807, 2.05) is 48.5 Å². The van der Waals surface area contributed by atoms with E-state index in [4.69, 9.17) is 16.3 Å². The molecule has 0 bridgehead atoms. The molecular formula is C27H18ClN3O4. The minimum absolute atomic E-state index is 0.169. The van der Waals surface area contributed by atoms with Gasteiger partial charge in [0.1, 0.15) is 24.0 Å². The normalized spacial score (nSPS) is 11.0. The second-order valence-corrected chi connectivity index (χ2v) is 7.98. The molecule has 172 valence electrons. The van der Waals surface area contributed by atoms with Crippen molar-refractivity contribution in [2.45, 2.75) is 6.61 Å². The summed E-state index contributed by atoms with van der Waals surface area (Å²) >= 11 is 5.95. The van der Waals surface area contributed by atoms with E-state index in [2.05, 4.69) is 5.32 Å². The van der Waals surface area contributed by atoms with E-state index in [0.717, 1.165) is 16.3 Å². The summed E-state index contributed by atoms with van der Waals surface area (Å²) < 4.78 is 6.05. The van der Waals surface area contributed by atoms with Gasteiger partial charge in [-0.05, 0) is 46.7 Å². The third-order valence-corrected chi connectivity index (χ3v) is 5.46. The highest BCUT2D eigenvalue weighted by atomic mass is 35.5. The number of anilines is 1. The smallest absolute Gasteiger partial charge is 0.271 e. The number of fused-ring (bicyclic) bond motifs is 1. The van der Waals surface area contributed by atoms with Gasteiger partial charge in [0, 0.05) is 28.4 Å². The molecule has 4 rings (SSSR count). The first-order valence-corrected chi connectivity index (χ1v) is 10.9. The first-order chi connectivity index (χ1) is 16.9. The number of amides is 1. The quantitative estimate of drug-likeness (QED) is 0.139. The van der Waals surface area contributed by atoms with Crippen LogP contribution in [-0.4, -0.2) is 10.8 Å². The van der Waals surface area contributed by atoms with Gasteiger partial charge in [0.25, 0.3) is 11.6 Å². The highest BCUT2D eigenvalue weighted by Gasteiger charge is 2.15. The largest absolute Gasteiger partial charge is 0.488 e. The summed E-state index contributed by atoms with van der Waals surface area (Å²) in [6.45, 7) is 0.262. The number of non-ortho nitro benzene ring substituents is 1. The molecule has 35 heavy (non-hydrogen) atoms. The molecule has 0 saturated carbocycles. The van der Waals surface area contributed by atoms with Crippen LogP contribution < -0.4 is 10.1 Å². The number of nitro groups is 1. The molecule has 4 aromatic rings. The van der Waals surface area contributed by atoms with Crippen LogP contribution in [0.5, 0.6) is 5.75 Å². The fourth-order valence-corrected chi connectivity index (χ4v) is 3.61. The fraction of sp³-hybridized carbons (Fsp3) is 0.0370. The van der Waals surface area contributed by atoms with E-state index in [1.165, 1.54) is 30.3 Å². The number of nitro benzene ring substituents is 1. The molecule has 0 aromatic heterocycles. The van der Waals surface area contributed by atoms with Gasteiger partial charge in [-0.1, -0.05) is 60.1 Å². The van der Waals surface area contributed by atoms with Crippen LogP contribution in [0.1, 0.15) is 11.1 Å². The first kappa shape index (κ1) is 23.5. The Bertz CT molecular complexity index is 1490. The second kappa shape index (κ2) is 10.5. The van der Waals surface area contributed by atoms with Crippen molar-refractivity contribution in [3.05, 3.63) is 117 Å². The van der Waals surface area contributed by atoms with Crippen molar-refractivity contribution in [1.82, 2.24) is 0 Å². The molecule has 0 fully saturated rings. The van der Waals surface area contributed by atoms with Crippen molar-refractivity contribution in [3.8, 4) is 11.8 Å². The molecule has 0 heterocycles. The van der Waals surface area contributed by atoms with E-state index in [1.54, 1.807) is 18.2 Å². The molecule has 0 aliphatic carbocycles. The topological polar surface area (TPSA) is 105 Å². The summed E-state index contributed by atoms with van der Waals surface area (Å²) in [4.78, 5) is 23.3. The molecule has 0 atom stereocenters. The number of ether oxygens (including phenoxy) is 1. The molecule has 8 heteroatoms. The lowest BCUT2D eigenvalue weighted by molar-refractivity contribution is -0.384. The van der Waals surface area contributed by atoms with Crippen molar-refractivity contribution in [2.24, 2.45) is 0 Å². The molecule has 4 aromatic carbocycles. The number of benzene rings is 4. The van der Waals surface area contributed by atoms with Crippen LogP contribution in [0.25, 0.3) is 16.8 Å². The fourth-order valence-electron chi connectivity index (χ4n) is 3.48. The maximum atomic E-state index is 12.9. The monoisotopic (exact) mass is 483 g/mol. The Labute approximate surface area is 206 Å². The third kappa shape index (κ3) is 5.64. The van der Waals surface area contributed by atoms with Crippen LogP contribution in [0.2, 0.25) is 5.02 Å². The van der Waals surface area contributed by atoms with Gasteiger partial charge in [0.15, 0.2) is 0 Å². The van der Waals surface area contributed by atoms with Gasteiger partial charge in [0.05, 0.1) is 4.92 Å². The molecule has 0 unspecified atom stereocenters. The van der Waals surface area contributed by atoms with Gasteiger partial charge in [-0.25, -0.2) is 0 Å². The predicted molar refractivity (Wildman–Crippen MR) is 135 cm³/mol. The van der Waals surface area contributed by atoms with E-state index in [0.29, 0.717) is 16.3 Å². The summed E-state index contributed by atoms with van der Waals surface area (Å²) in [5.41, 5.74) is 1.34. The SMILES string of the molecule is N#C/C(=C\c1c(OCc2ccc(Cl)cc2)ccc2ccccc12)C(=O)Nc1cccc([N+](=O)[O-])c1. The molecule has 0 aliphatic heterocycles. The lowest BCUT2D eigenvalue weighted by Gasteiger charge is -2.13. The van der Waals surface area contributed by atoms with Crippen LogP contribution >= 0.6 is 11.6 Å². The minimum atomic E-state index is -0.690. The molecular weight excluding hydrogens is 466 g/mol. The highest BCUT2D eigenvalue weighted by molar-refractivity contribution is 6.30. The van der Waals surface area contributed by atoms with Crippen molar-refractivity contribution >= 4 is 45.7 Å². The van der Waals surface area contributed by atoms with Gasteiger partial charge < -0.3 is 10.1 Å². The van der Waals surface area contributed by atoms with Crippen LogP contribution in [0.15, 0.2) is 90.5 Å². The summed E-state index contributed by atoms with van der Waals surface area (Å²) in [7, 11) is 0. The van der Waals surface area contributed by atoms with Crippen LogP contribution in [0, 0.1) is 21.4 Å². The Kier molecular flexibility index (Phi) is 7.05. The zero-order chi connectivity index (χ0) is 24.8. The van der Waals surface area contributed by atoms with Gasteiger partial charge in [0.2, 0.25) is 0 Å². The minimum Gasteiger partial charge on any atom is -0.488 e. The summed E-state index contributed by atoms with van der Waals surface area (Å²) in [5, 5.41) is 25.6. The molecule has 0 saturated heterocycles. The average molecular weight is 484 g/mol. The number of carbonyl (C=O) groups excluding carboxylic acids is 1. The number of hydrogen-bond acceptors (Lipinski definition) is 5.